The Morgan fingerprint density at radius 3 is 2.33 bits per heavy atom. The van der Waals surface area contributed by atoms with Gasteiger partial charge >= 0.3 is 5.97 Å². The molecule has 0 aliphatic carbocycles. The molecule has 5 heteroatoms. The van der Waals surface area contributed by atoms with Crippen LogP contribution in [-0.2, 0) is 14.3 Å². The Bertz CT molecular complexity index is 617. The average molecular weight is 333 g/mol. The number of methoxy groups -OCH3 is 1. The standard InChI is InChI=1S/C19H27NO4/c1-13(14-7-9-15(23-6)10-8-14)20-12-19(5,11-16(20)21)17(22)24-18(2,3)4/h7-10,13H,11-12H2,1-6H3. The second-order valence-electron chi connectivity index (χ2n) is 7.71. The lowest BCUT2D eigenvalue weighted by molar-refractivity contribution is -0.166. The summed E-state index contributed by atoms with van der Waals surface area (Å²) in [6, 6.07) is 7.53. The third kappa shape index (κ3) is 3.89. The van der Waals surface area contributed by atoms with Crippen LogP contribution in [0.25, 0.3) is 0 Å². The summed E-state index contributed by atoms with van der Waals surface area (Å²) in [6.45, 7) is 9.66. The van der Waals surface area contributed by atoms with Gasteiger partial charge in [-0.2, -0.15) is 0 Å². The van der Waals surface area contributed by atoms with Crippen LogP contribution in [0.4, 0.5) is 0 Å². The van der Waals surface area contributed by atoms with Gasteiger partial charge in [-0.25, -0.2) is 0 Å². The molecule has 1 aromatic rings. The van der Waals surface area contributed by atoms with Gasteiger partial charge in [0.1, 0.15) is 11.4 Å². The molecule has 2 unspecified atom stereocenters. The molecule has 1 aliphatic rings. The van der Waals surface area contributed by atoms with Crippen LogP contribution in [0, 0.1) is 5.41 Å². The van der Waals surface area contributed by atoms with Gasteiger partial charge in [0.25, 0.3) is 0 Å². The van der Waals surface area contributed by atoms with Gasteiger partial charge in [-0.15, -0.1) is 0 Å². The van der Waals surface area contributed by atoms with Gasteiger partial charge in [0.15, 0.2) is 0 Å². The molecule has 0 saturated carbocycles. The Labute approximate surface area is 143 Å². The van der Waals surface area contributed by atoms with Crippen molar-refractivity contribution >= 4 is 11.9 Å². The number of carbonyl (C=O) groups excluding carboxylic acids is 2. The molecule has 1 amide bonds. The summed E-state index contributed by atoms with van der Waals surface area (Å²) in [6.07, 6.45) is 0.183. The molecule has 0 aromatic heterocycles. The zero-order valence-corrected chi connectivity index (χ0v) is 15.4. The largest absolute Gasteiger partial charge is 0.497 e. The van der Waals surface area contributed by atoms with Crippen molar-refractivity contribution in [3.05, 3.63) is 29.8 Å². The van der Waals surface area contributed by atoms with Gasteiger partial charge in [0.05, 0.1) is 18.6 Å². The molecule has 0 N–H and O–H groups in total. The maximum absolute atomic E-state index is 12.5. The van der Waals surface area contributed by atoms with Crippen LogP contribution >= 0.6 is 0 Å². The van der Waals surface area contributed by atoms with Crippen LogP contribution in [-0.4, -0.2) is 36.0 Å². The van der Waals surface area contributed by atoms with Crippen molar-refractivity contribution in [2.24, 2.45) is 5.41 Å². The van der Waals surface area contributed by atoms with Crippen LogP contribution in [0.2, 0.25) is 0 Å². The Hall–Kier alpha value is -2.04. The lowest BCUT2D eigenvalue weighted by Crippen LogP contribution is -2.38. The predicted octanol–water partition coefficient (Wildman–Crippen LogP) is 3.34. The highest BCUT2D eigenvalue weighted by molar-refractivity contribution is 5.90. The molecule has 1 aromatic carbocycles. The first-order valence-electron chi connectivity index (χ1n) is 8.22. The van der Waals surface area contributed by atoms with E-state index in [1.165, 1.54) is 0 Å². The zero-order chi connectivity index (χ0) is 18.1. The highest BCUT2D eigenvalue weighted by atomic mass is 16.6. The summed E-state index contributed by atoms with van der Waals surface area (Å²) in [7, 11) is 1.62. The number of benzene rings is 1. The normalized spacial score (nSPS) is 22.4. The fourth-order valence-electron chi connectivity index (χ4n) is 2.91. The molecule has 5 nitrogen and oxygen atoms in total. The summed E-state index contributed by atoms with van der Waals surface area (Å²) in [5.74, 6) is 0.441. The number of amides is 1. The van der Waals surface area contributed by atoms with Crippen molar-refractivity contribution in [2.45, 2.75) is 52.7 Å². The molecule has 132 valence electrons. The quantitative estimate of drug-likeness (QED) is 0.793. The highest BCUT2D eigenvalue weighted by Gasteiger charge is 2.48. The minimum Gasteiger partial charge on any atom is -0.497 e. The van der Waals surface area contributed by atoms with Crippen molar-refractivity contribution in [1.82, 2.24) is 4.90 Å². The van der Waals surface area contributed by atoms with Crippen LogP contribution in [0.1, 0.15) is 52.6 Å². The first-order chi connectivity index (χ1) is 11.1. The number of ether oxygens (including phenoxy) is 2. The van der Waals surface area contributed by atoms with Crippen molar-refractivity contribution in [1.29, 1.82) is 0 Å². The molecular formula is C19H27NO4. The molecule has 1 aliphatic heterocycles. The lowest BCUT2D eigenvalue weighted by Gasteiger charge is -2.30. The Morgan fingerprint density at radius 1 is 1.25 bits per heavy atom. The SMILES string of the molecule is COc1ccc(C(C)N2CC(C)(C(=O)OC(C)(C)C)CC2=O)cc1. The summed E-state index contributed by atoms with van der Waals surface area (Å²) in [5.41, 5.74) is -0.346. The second-order valence-corrected chi connectivity index (χ2v) is 7.71. The molecule has 0 radical (unpaired) electrons. The third-order valence-electron chi connectivity index (χ3n) is 4.34. The zero-order valence-electron chi connectivity index (χ0n) is 15.4. The van der Waals surface area contributed by atoms with E-state index in [0.29, 0.717) is 6.54 Å². The molecule has 24 heavy (non-hydrogen) atoms. The molecule has 1 heterocycles. The van der Waals surface area contributed by atoms with E-state index in [2.05, 4.69) is 0 Å². The third-order valence-corrected chi connectivity index (χ3v) is 4.34. The molecule has 1 saturated heterocycles. The van der Waals surface area contributed by atoms with Crippen molar-refractivity contribution in [2.75, 3.05) is 13.7 Å². The Morgan fingerprint density at radius 2 is 1.83 bits per heavy atom. The average Bonchev–Trinajstić information content (AvgIpc) is 2.81. The van der Waals surface area contributed by atoms with E-state index in [1.54, 1.807) is 18.9 Å². The van der Waals surface area contributed by atoms with E-state index in [4.69, 9.17) is 9.47 Å². The highest BCUT2D eigenvalue weighted by Crippen LogP contribution is 2.38. The molecule has 0 bridgehead atoms. The number of nitrogens with zero attached hydrogens (tertiary/aromatic N) is 1. The summed E-state index contributed by atoms with van der Waals surface area (Å²) in [4.78, 5) is 26.7. The van der Waals surface area contributed by atoms with E-state index in [0.717, 1.165) is 11.3 Å². The number of carbonyl (C=O) groups is 2. The smallest absolute Gasteiger partial charge is 0.314 e. The summed E-state index contributed by atoms with van der Waals surface area (Å²) >= 11 is 0. The Balaban J connectivity index is 2.14. The van der Waals surface area contributed by atoms with Gasteiger partial charge in [-0.05, 0) is 52.3 Å². The fourth-order valence-corrected chi connectivity index (χ4v) is 2.91. The molecule has 2 rings (SSSR count). The maximum Gasteiger partial charge on any atom is 0.314 e. The van der Waals surface area contributed by atoms with Crippen LogP contribution in [0.3, 0.4) is 0 Å². The first kappa shape index (κ1) is 18.3. The predicted molar refractivity (Wildman–Crippen MR) is 91.7 cm³/mol. The summed E-state index contributed by atoms with van der Waals surface area (Å²) < 4.78 is 10.7. The van der Waals surface area contributed by atoms with E-state index >= 15 is 0 Å². The lowest BCUT2D eigenvalue weighted by atomic mass is 9.89. The van der Waals surface area contributed by atoms with Gasteiger partial charge in [0.2, 0.25) is 5.91 Å². The maximum atomic E-state index is 12.5. The minimum absolute atomic E-state index is 0.0216. The fraction of sp³-hybridized carbons (Fsp3) is 0.579. The van der Waals surface area contributed by atoms with Gasteiger partial charge in [-0.1, -0.05) is 12.1 Å². The van der Waals surface area contributed by atoms with E-state index in [1.807, 2.05) is 52.0 Å². The summed E-state index contributed by atoms with van der Waals surface area (Å²) in [5, 5.41) is 0. The van der Waals surface area contributed by atoms with Crippen molar-refractivity contribution < 1.29 is 19.1 Å². The van der Waals surface area contributed by atoms with E-state index in [9.17, 15) is 9.59 Å². The first-order valence-corrected chi connectivity index (χ1v) is 8.22. The van der Waals surface area contributed by atoms with Crippen LogP contribution < -0.4 is 4.74 Å². The monoisotopic (exact) mass is 333 g/mol. The molecule has 0 spiro atoms. The van der Waals surface area contributed by atoms with E-state index < -0.39 is 11.0 Å². The molecular weight excluding hydrogens is 306 g/mol. The number of likely N-dealkylation sites (tertiary alicyclic amines) is 1. The van der Waals surface area contributed by atoms with Crippen LogP contribution in [0.5, 0.6) is 5.75 Å². The molecule has 2 atom stereocenters. The van der Waals surface area contributed by atoms with Gasteiger partial charge in [-0.3, -0.25) is 9.59 Å². The minimum atomic E-state index is -0.801. The van der Waals surface area contributed by atoms with Gasteiger partial charge < -0.3 is 14.4 Å². The second kappa shape index (κ2) is 6.46. The Kier molecular flexibility index (Phi) is 4.92. The number of hydrogen-bond donors (Lipinski definition) is 0. The van der Waals surface area contributed by atoms with Crippen LogP contribution in [0.15, 0.2) is 24.3 Å². The van der Waals surface area contributed by atoms with Crippen molar-refractivity contribution in [3.8, 4) is 5.75 Å². The molecule has 1 fully saturated rings. The number of rotatable bonds is 4. The number of esters is 1. The number of hydrogen-bond acceptors (Lipinski definition) is 4. The van der Waals surface area contributed by atoms with Gasteiger partial charge in [0, 0.05) is 13.0 Å². The van der Waals surface area contributed by atoms with E-state index in [-0.39, 0.29) is 24.3 Å². The topological polar surface area (TPSA) is 55.8 Å². The van der Waals surface area contributed by atoms with Crippen molar-refractivity contribution in [3.63, 3.8) is 0 Å².